The van der Waals surface area contributed by atoms with Gasteiger partial charge in [-0.05, 0) is 57.2 Å². The lowest BCUT2D eigenvalue weighted by molar-refractivity contribution is -0.151. The molecule has 2 aromatic carbocycles. The van der Waals surface area contributed by atoms with Gasteiger partial charge in [0, 0.05) is 18.8 Å². The van der Waals surface area contributed by atoms with Crippen LogP contribution >= 0.6 is 23.2 Å². The van der Waals surface area contributed by atoms with Crippen LogP contribution in [0.25, 0.3) is 0 Å². The van der Waals surface area contributed by atoms with Crippen LogP contribution in [0.3, 0.4) is 0 Å². The van der Waals surface area contributed by atoms with Gasteiger partial charge in [0.25, 0.3) is 15.9 Å². The molecule has 0 saturated carbocycles. The highest BCUT2D eigenvalue weighted by molar-refractivity contribution is 7.92. The Morgan fingerprint density at radius 3 is 2.29 bits per heavy atom. The highest BCUT2D eigenvalue weighted by Crippen LogP contribution is 2.31. The van der Waals surface area contributed by atoms with Gasteiger partial charge in [-0.25, -0.2) is 17.6 Å². The summed E-state index contributed by atoms with van der Waals surface area (Å²) in [6, 6.07) is 6.68. The zero-order valence-corrected chi connectivity index (χ0v) is 20.9. The highest BCUT2D eigenvalue weighted by Gasteiger charge is 2.31. The molecular formula is C22H23Cl2FN2O6S. The third-order valence-corrected chi connectivity index (χ3v) is 7.15. The van der Waals surface area contributed by atoms with Crippen molar-refractivity contribution in [2.75, 3.05) is 17.8 Å². The summed E-state index contributed by atoms with van der Waals surface area (Å²) in [5, 5.41) is -0.388. The van der Waals surface area contributed by atoms with E-state index in [0.717, 1.165) is 24.3 Å². The quantitative estimate of drug-likeness (QED) is 0.561. The predicted octanol–water partition coefficient (Wildman–Crippen LogP) is 4.11. The molecule has 0 aliphatic carbocycles. The van der Waals surface area contributed by atoms with E-state index in [1.54, 1.807) is 4.90 Å². The molecule has 34 heavy (non-hydrogen) atoms. The standard InChI is InChI=1S/C22H23Cl2FN2O6S/c1-12-10-27(11-13(2)32-12)21(28)14(3)33-22(29)17-8-20(19(24)9-18(17)23)34(30,31)26-16-6-4-15(25)5-7-16/h4-9,12-14,26H,10-11H2,1-3H3/t12-,13-,14-/m1/s1. The van der Waals surface area contributed by atoms with E-state index < -0.39 is 38.7 Å². The molecule has 0 radical (unpaired) electrons. The maximum absolute atomic E-state index is 13.1. The Balaban J connectivity index is 1.80. The maximum Gasteiger partial charge on any atom is 0.340 e. The van der Waals surface area contributed by atoms with Crippen LogP contribution in [0.2, 0.25) is 10.0 Å². The van der Waals surface area contributed by atoms with Crippen molar-refractivity contribution in [1.82, 2.24) is 4.90 Å². The Kier molecular flexibility index (Phi) is 8.07. The summed E-state index contributed by atoms with van der Waals surface area (Å²) >= 11 is 12.2. The lowest BCUT2D eigenvalue weighted by Crippen LogP contribution is -2.51. The average molecular weight is 533 g/mol. The van der Waals surface area contributed by atoms with E-state index in [0.29, 0.717) is 13.1 Å². The first-order valence-corrected chi connectivity index (χ1v) is 12.5. The number of nitrogens with one attached hydrogen (secondary N) is 1. The largest absolute Gasteiger partial charge is 0.449 e. The number of ether oxygens (including phenoxy) is 2. The van der Waals surface area contributed by atoms with Gasteiger partial charge in [0.15, 0.2) is 6.10 Å². The summed E-state index contributed by atoms with van der Waals surface area (Å²) in [5.74, 6) is -1.94. The first kappa shape index (κ1) is 26.2. The monoisotopic (exact) mass is 532 g/mol. The summed E-state index contributed by atoms with van der Waals surface area (Å²) in [4.78, 5) is 26.6. The van der Waals surface area contributed by atoms with Crippen molar-refractivity contribution in [3.05, 3.63) is 57.8 Å². The molecule has 12 heteroatoms. The Morgan fingerprint density at radius 1 is 1.12 bits per heavy atom. The van der Waals surface area contributed by atoms with Crippen molar-refractivity contribution in [3.63, 3.8) is 0 Å². The summed E-state index contributed by atoms with van der Waals surface area (Å²) in [7, 11) is -4.26. The second-order valence-corrected chi connectivity index (χ2v) is 10.4. The highest BCUT2D eigenvalue weighted by atomic mass is 35.5. The van der Waals surface area contributed by atoms with Crippen molar-refractivity contribution in [2.24, 2.45) is 0 Å². The molecule has 0 spiro atoms. The Hall–Kier alpha value is -2.40. The van der Waals surface area contributed by atoms with Crippen molar-refractivity contribution >= 4 is 50.8 Å². The Morgan fingerprint density at radius 2 is 1.71 bits per heavy atom. The molecule has 8 nitrogen and oxygen atoms in total. The SMILES string of the molecule is C[C@@H]1CN(C(=O)[C@@H](C)OC(=O)c2cc(S(=O)(=O)Nc3ccc(F)cc3)c(Cl)cc2Cl)C[C@@H](C)O1. The van der Waals surface area contributed by atoms with Gasteiger partial charge in [-0.1, -0.05) is 23.2 Å². The Labute approximate surface area is 207 Å². The van der Waals surface area contributed by atoms with E-state index in [4.69, 9.17) is 32.7 Å². The molecule has 184 valence electrons. The molecular weight excluding hydrogens is 510 g/mol. The average Bonchev–Trinajstić information content (AvgIpc) is 2.73. The van der Waals surface area contributed by atoms with Crippen molar-refractivity contribution in [1.29, 1.82) is 0 Å². The minimum atomic E-state index is -4.26. The molecule has 1 N–H and O–H groups in total. The van der Waals surface area contributed by atoms with Crippen LogP contribution in [0.15, 0.2) is 41.3 Å². The molecule has 2 aromatic rings. The van der Waals surface area contributed by atoms with Crippen molar-refractivity contribution in [2.45, 2.75) is 44.0 Å². The van der Waals surface area contributed by atoms with E-state index in [2.05, 4.69) is 4.72 Å². The number of benzene rings is 2. The zero-order valence-electron chi connectivity index (χ0n) is 18.5. The third-order valence-electron chi connectivity index (χ3n) is 4.99. The molecule has 3 atom stereocenters. The van der Waals surface area contributed by atoms with E-state index in [1.807, 2.05) is 13.8 Å². The molecule has 1 saturated heterocycles. The van der Waals surface area contributed by atoms with Crippen LogP contribution in [-0.2, 0) is 24.3 Å². The minimum Gasteiger partial charge on any atom is -0.449 e. The topological polar surface area (TPSA) is 102 Å². The van der Waals surface area contributed by atoms with Crippen molar-refractivity contribution < 1.29 is 31.9 Å². The number of hydrogen-bond donors (Lipinski definition) is 1. The zero-order chi connectivity index (χ0) is 25.2. The van der Waals surface area contributed by atoms with Gasteiger partial charge in [-0.3, -0.25) is 9.52 Å². The number of halogens is 3. The Bertz CT molecular complexity index is 1180. The number of esters is 1. The van der Waals surface area contributed by atoms with E-state index in [9.17, 15) is 22.4 Å². The first-order chi connectivity index (χ1) is 15.9. The molecule has 1 aliphatic heterocycles. The molecule has 1 aliphatic rings. The van der Waals surface area contributed by atoms with Gasteiger partial charge in [0.05, 0.1) is 27.8 Å². The number of carbonyl (C=O) groups is 2. The van der Waals surface area contributed by atoms with Crippen LogP contribution < -0.4 is 4.72 Å². The predicted molar refractivity (Wildman–Crippen MR) is 125 cm³/mol. The number of nitrogens with zero attached hydrogens (tertiary/aromatic N) is 1. The second-order valence-electron chi connectivity index (χ2n) is 7.92. The summed E-state index contributed by atoms with van der Waals surface area (Å²) < 4.78 is 51.9. The molecule has 0 aromatic heterocycles. The van der Waals surface area contributed by atoms with Gasteiger partial charge in [-0.15, -0.1) is 0 Å². The van der Waals surface area contributed by atoms with Crippen LogP contribution in [-0.4, -0.2) is 56.6 Å². The van der Waals surface area contributed by atoms with Crippen LogP contribution in [0.4, 0.5) is 10.1 Å². The second kappa shape index (κ2) is 10.5. The molecule has 1 fully saturated rings. The summed E-state index contributed by atoms with van der Waals surface area (Å²) in [6.45, 7) is 5.79. The van der Waals surface area contributed by atoms with E-state index in [-0.39, 0.29) is 33.5 Å². The number of amides is 1. The number of sulfonamides is 1. The van der Waals surface area contributed by atoms with Gasteiger partial charge < -0.3 is 14.4 Å². The lowest BCUT2D eigenvalue weighted by atomic mass is 10.2. The number of rotatable bonds is 6. The van der Waals surface area contributed by atoms with Gasteiger partial charge in [0.2, 0.25) is 0 Å². The molecule has 0 unspecified atom stereocenters. The third kappa shape index (κ3) is 6.18. The van der Waals surface area contributed by atoms with Crippen molar-refractivity contribution in [3.8, 4) is 0 Å². The number of hydrogen-bond acceptors (Lipinski definition) is 6. The fraction of sp³-hybridized carbons (Fsp3) is 0.364. The number of carbonyl (C=O) groups excluding carboxylic acids is 2. The minimum absolute atomic E-state index is 0.0877. The van der Waals surface area contributed by atoms with Gasteiger partial charge in [0.1, 0.15) is 10.7 Å². The normalized spacial score (nSPS) is 19.4. The molecule has 1 amide bonds. The van der Waals surface area contributed by atoms with Crippen LogP contribution in [0, 0.1) is 5.82 Å². The van der Waals surface area contributed by atoms with E-state index >= 15 is 0 Å². The van der Waals surface area contributed by atoms with Crippen LogP contribution in [0.1, 0.15) is 31.1 Å². The van der Waals surface area contributed by atoms with Gasteiger partial charge >= 0.3 is 5.97 Å². The fourth-order valence-corrected chi connectivity index (χ4v) is 5.42. The number of anilines is 1. The summed E-state index contributed by atoms with van der Waals surface area (Å²) in [5.41, 5.74) is -0.196. The smallest absolute Gasteiger partial charge is 0.340 e. The lowest BCUT2D eigenvalue weighted by Gasteiger charge is -2.36. The first-order valence-electron chi connectivity index (χ1n) is 10.3. The van der Waals surface area contributed by atoms with Crippen LogP contribution in [0.5, 0.6) is 0 Å². The maximum atomic E-state index is 13.1. The molecule has 1 heterocycles. The molecule has 3 rings (SSSR count). The van der Waals surface area contributed by atoms with E-state index in [1.165, 1.54) is 19.1 Å². The molecule has 0 bridgehead atoms. The fourth-order valence-electron chi connectivity index (χ4n) is 3.51. The number of morpholine rings is 1. The van der Waals surface area contributed by atoms with Gasteiger partial charge in [-0.2, -0.15) is 0 Å². The summed E-state index contributed by atoms with van der Waals surface area (Å²) in [6.07, 6.45) is -1.47.